The van der Waals surface area contributed by atoms with Crippen molar-refractivity contribution in [1.82, 2.24) is 15.2 Å². The van der Waals surface area contributed by atoms with Gasteiger partial charge in [0.1, 0.15) is 0 Å². The lowest BCUT2D eigenvalue weighted by molar-refractivity contribution is -0.122. The maximum atomic E-state index is 12.2. The van der Waals surface area contributed by atoms with Crippen LogP contribution in [-0.2, 0) is 11.3 Å². The molecule has 0 aromatic heterocycles. The first kappa shape index (κ1) is 21.0. The molecular formula is C21H24BrClN4O. The molecule has 2 aromatic rings. The Hall–Kier alpha value is -1.73. The fraction of sp³-hybridized carbons (Fsp3) is 0.333. The molecule has 148 valence electrons. The molecule has 1 aliphatic rings. The molecule has 0 aliphatic carbocycles. The highest BCUT2D eigenvalue weighted by Gasteiger charge is 2.19. The SMILES string of the molecule is CC(=NNC(=O)CN1CCN(Cc2ccccc2Cl)CC1)c1ccc(Br)cc1. The first-order valence-electron chi connectivity index (χ1n) is 9.28. The van der Waals surface area contributed by atoms with Gasteiger partial charge in [0.05, 0.1) is 12.3 Å². The maximum absolute atomic E-state index is 12.2. The van der Waals surface area contributed by atoms with Gasteiger partial charge in [-0.15, -0.1) is 0 Å². The van der Waals surface area contributed by atoms with E-state index in [-0.39, 0.29) is 5.91 Å². The van der Waals surface area contributed by atoms with Crippen LogP contribution in [0.15, 0.2) is 58.1 Å². The molecule has 1 saturated heterocycles. The molecule has 1 N–H and O–H groups in total. The zero-order valence-corrected chi connectivity index (χ0v) is 18.2. The normalized spacial score (nSPS) is 16.2. The van der Waals surface area contributed by atoms with Gasteiger partial charge in [0.25, 0.3) is 5.91 Å². The fourth-order valence-electron chi connectivity index (χ4n) is 3.11. The third-order valence-electron chi connectivity index (χ3n) is 4.79. The first-order chi connectivity index (χ1) is 13.5. The second-order valence-corrected chi connectivity index (χ2v) is 8.21. The largest absolute Gasteiger partial charge is 0.296 e. The minimum Gasteiger partial charge on any atom is -0.296 e. The predicted molar refractivity (Wildman–Crippen MR) is 118 cm³/mol. The molecule has 1 amide bonds. The van der Waals surface area contributed by atoms with Crippen molar-refractivity contribution in [3.05, 3.63) is 69.2 Å². The summed E-state index contributed by atoms with van der Waals surface area (Å²) in [6.45, 7) is 6.63. The average molecular weight is 464 g/mol. The van der Waals surface area contributed by atoms with Gasteiger partial charge in [-0.3, -0.25) is 14.6 Å². The second kappa shape index (κ2) is 10.2. The summed E-state index contributed by atoms with van der Waals surface area (Å²) in [5, 5.41) is 5.03. The van der Waals surface area contributed by atoms with E-state index in [1.54, 1.807) is 0 Å². The van der Waals surface area contributed by atoms with Crippen LogP contribution in [0.4, 0.5) is 0 Å². The number of hydrogen-bond donors (Lipinski definition) is 1. The Morgan fingerprint density at radius 1 is 1.07 bits per heavy atom. The number of amides is 1. The molecule has 1 fully saturated rings. The quantitative estimate of drug-likeness (QED) is 0.524. The number of piperazine rings is 1. The lowest BCUT2D eigenvalue weighted by Gasteiger charge is -2.34. The highest BCUT2D eigenvalue weighted by molar-refractivity contribution is 9.10. The lowest BCUT2D eigenvalue weighted by atomic mass is 10.1. The highest BCUT2D eigenvalue weighted by atomic mass is 79.9. The van der Waals surface area contributed by atoms with Crippen LogP contribution in [0.1, 0.15) is 18.1 Å². The van der Waals surface area contributed by atoms with E-state index in [0.29, 0.717) is 6.54 Å². The predicted octanol–water partition coefficient (Wildman–Crippen LogP) is 3.76. The van der Waals surface area contributed by atoms with E-state index in [4.69, 9.17) is 11.6 Å². The highest BCUT2D eigenvalue weighted by Crippen LogP contribution is 2.17. The third kappa shape index (κ3) is 6.14. The van der Waals surface area contributed by atoms with Gasteiger partial charge in [-0.2, -0.15) is 5.10 Å². The number of halogens is 2. The number of carbonyl (C=O) groups is 1. The van der Waals surface area contributed by atoms with Crippen molar-refractivity contribution in [2.75, 3.05) is 32.7 Å². The summed E-state index contributed by atoms with van der Waals surface area (Å²) >= 11 is 9.66. The van der Waals surface area contributed by atoms with Gasteiger partial charge < -0.3 is 0 Å². The topological polar surface area (TPSA) is 47.9 Å². The molecule has 1 heterocycles. The van der Waals surface area contributed by atoms with Gasteiger partial charge >= 0.3 is 0 Å². The number of benzene rings is 2. The van der Waals surface area contributed by atoms with Crippen molar-refractivity contribution in [2.45, 2.75) is 13.5 Å². The zero-order valence-electron chi connectivity index (χ0n) is 15.9. The smallest absolute Gasteiger partial charge is 0.254 e. The third-order valence-corrected chi connectivity index (χ3v) is 5.69. The molecule has 5 nitrogen and oxygen atoms in total. The fourth-order valence-corrected chi connectivity index (χ4v) is 3.57. The monoisotopic (exact) mass is 462 g/mol. The molecule has 2 aromatic carbocycles. The van der Waals surface area contributed by atoms with Gasteiger partial charge in [0.15, 0.2) is 0 Å². The minimum absolute atomic E-state index is 0.0870. The summed E-state index contributed by atoms with van der Waals surface area (Å²) in [7, 11) is 0. The Morgan fingerprint density at radius 2 is 1.71 bits per heavy atom. The molecule has 0 radical (unpaired) electrons. The van der Waals surface area contributed by atoms with E-state index in [1.807, 2.05) is 49.4 Å². The Morgan fingerprint density at radius 3 is 2.39 bits per heavy atom. The number of hydrazone groups is 1. The number of nitrogens with one attached hydrogen (secondary N) is 1. The van der Waals surface area contributed by atoms with E-state index in [1.165, 1.54) is 0 Å². The average Bonchev–Trinajstić information content (AvgIpc) is 2.70. The minimum atomic E-state index is -0.0870. The molecule has 3 rings (SSSR count). The summed E-state index contributed by atoms with van der Waals surface area (Å²) in [5.74, 6) is -0.0870. The number of carbonyl (C=O) groups excluding carboxylic acids is 1. The summed E-state index contributed by atoms with van der Waals surface area (Å²) in [4.78, 5) is 16.7. The molecule has 7 heteroatoms. The second-order valence-electron chi connectivity index (χ2n) is 6.88. The Balaban J connectivity index is 1.43. The van der Waals surface area contributed by atoms with Crippen LogP contribution in [0.5, 0.6) is 0 Å². The van der Waals surface area contributed by atoms with Crippen LogP contribution in [0.25, 0.3) is 0 Å². The van der Waals surface area contributed by atoms with E-state index in [0.717, 1.165) is 59.1 Å². The van der Waals surface area contributed by atoms with Gasteiger partial charge in [-0.05, 0) is 36.2 Å². The molecule has 0 bridgehead atoms. The van der Waals surface area contributed by atoms with E-state index in [2.05, 4.69) is 42.3 Å². The molecule has 0 unspecified atom stereocenters. The molecular weight excluding hydrogens is 440 g/mol. The molecule has 1 aliphatic heterocycles. The van der Waals surface area contributed by atoms with Crippen LogP contribution in [0, 0.1) is 0 Å². The standard InChI is InChI=1S/C21H24BrClN4O/c1-16(17-6-8-19(22)9-7-17)24-25-21(28)15-27-12-10-26(11-13-27)14-18-4-2-3-5-20(18)23/h2-9H,10-15H2,1H3,(H,25,28). The van der Waals surface area contributed by atoms with Crippen molar-refractivity contribution < 1.29 is 4.79 Å². The number of nitrogens with zero attached hydrogens (tertiary/aromatic N) is 3. The van der Waals surface area contributed by atoms with Crippen molar-refractivity contribution in [1.29, 1.82) is 0 Å². The van der Waals surface area contributed by atoms with Crippen LogP contribution in [-0.4, -0.2) is 54.1 Å². The van der Waals surface area contributed by atoms with Gasteiger partial charge in [-0.25, -0.2) is 5.43 Å². The van der Waals surface area contributed by atoms with Crippen LogP contribution >= 0.6 is 27.5 Å². The van der Waals surface area contributed by atoms with Crippen molar-refractivity contribution in [3.8, 4) is 0 Å². The summed E-state index contributed by atoms with van der Waals surface area (Å²) in [6.07, 6.45) is 0. The molecule has 0 saturated carbocycles. The lowest BCUT2D eigenvalue weighted by Crippen LogP contribution is -2.48. The number of rotatable bonds is 6. The first-order valence-corrected chi connectivity index (χ1v) is 10.5. The Labute approximate surface area is 179 Å². The Bertz CT molecular complexity index is 833. The van der Waals surface area contributed by atoms with Crippen molar-refractivity contribution in [3.63, 3.8) is 0 Å². The molecule has 28 heavy (non-hydrogen) atoms. The van der Waals surface area contributed by atoms with Crippen molar-refractivity contribution >= 4 is 39.1 Å². The summed E-state index contributed by atoms with van der Waals surface area (Å²) in [5.41, 5.74) is 5.58. The molecule has 0 atom stereocenters. The van der Waals surface area contributed by atoms with E-state index >= 15 is 0 Å². The van der Waals surface area contributed by atoms with Gasteiger partial charge in [0.2, 0.25) is 0 Å². The molecule has 0 spiro atoms. The Kier molecular flexibility index (Phi) is 7.62. The van der Waals surface area contributed by atoms with E-state index in [9.17, 15) is 4.79 Å². The van der Waals surface area contributed by atoms with Crippen LogP contribution in [0.3, 0.4) is 0 Å². The zero-order chi connectivity index (χ0) is 19.9. The van der Waals surface area contributed by atoms with Gasteiger partial charge in [0, 0.05) is 42.2 Å². The maximum Gasteiger partial charge on any atom is 0.254 e. The summed E-state index contributed by atoms with van der Waals surface area (Å²) in [6, 6.07) is 15.8. The van der Waals surface area contributed by atoms with E-state index < -0.39 is 0 Å². The summed E-state index contributed by atoms with van der Waals surface area (Å²) < 4.78 is 1.02. The van der Waals surface area contributed by atoms with Crippen molar-refractivity contribution in [2.24, 2.45) is 5.10 Å². The number of hydrogen-bond acceptors (Lipinski definition) is 4. The van der Waals surface area contributed by atoms with Gasteiger partial charge in [-0.1, -0.05) is 57.9 Å². The van der Waals surface area contributed by atoms with Crippen LogP contribution < -0.4 is 5.43 Å². The van der Waals surface area contributed by atoms with Crippen LogP contribution in [0.2, 0.25) is 5.02 Å².